The first-order valence-electron chi connectivity index (χ1n) is 22.4. The Bertz CT molecular complexity index is 2800. The van der Waals surface area contributed by atoms with Crippen LogP contribution in [-0.4, -0.2) is 78.4 Å². The summed E-state index contributed by atoms with van der Waals surface area (Å²) in [5, 5.41) is 3.57. The summed E-state index contributed by atoms with van der Waals surface area (Å²) in [5.41, 5.74) is 17.6. The molecule has 6 N–H and O–H groups in total. The molecule has 0 aliphatic carbocycles. The summed E-state index contributed by atoms with van der Waals surface area (Å²) in [7, 11) is -1.18. The Balaban J connectivity index is 0.824. The Morgan fingerprint density at radius 1 is 0.769 bits per heavy atom. The number of H-pyrrole nitrogens is 1. The molecule has 3 amide bonds. The van der Waals surface area contributed by atoms with Gasteiger partial charge in [-0.25, -0.2) is 0 Å². The van der Waals surface area contributed by atoms with E-state index in [-0.39, 0.29) is 17.2 Å². The number of amides is 3. The second-order valence-corrected chi connectivity index (χ2v) is 17.8. The topological polar surface area (TPSA) is 182 Å². The maximum absolute atomic E-state index is 14.1. The lowest BCUT2D eigenvalue weighted by Gasteiger charge is -2.38. The van der Waals surface area contributed by atoms with Gasteiger partial charge in [0.2, 0.25) is 5.91 Å². The third kappa shape index (κ3) is 7.96. The van der Waals surface area contributed by atoms with Gasteiger partial charge in [0.05, 0.1) is 13.0 Å². The number of aromatic nitrogens is 1. The van der Waals surface area contributed by atoms with E-state index in [1.807, 2.05) is 46.2 Å². The number of rotatable bonds is 10. The van der Waals surface area contributed by atoms with Crippen LogP contribution in [0.5, 0.6) is 5.75 Å². The number of likely N-dealkylation sites (tertiary alicyclic amines) is 2. The van der Waals surface area contributed by atoms with Crippen LogP contribution in [0.4, 0.5) is 5.69 Å². The molecule has 6 aromatic rings. The molecule has 10 rings (SSSR count). The van der Waals surface area contributed by atoms with Gasteiger partial charge in [-0.15, -0.1) is 0 Å². The molecular formula is C51H51BN6O7. The SMILES string of the molecule is NCc1cccc(C2CCN(C(=O)c3cccc(NC(=O)C[C@]4(c5ccccc5)OB(c5c[nH]c6ccc(C(=O)N7CCC8(CC7)COc7ccc(CN)cc78)cc56)OC4=O)c3)CC2)c1. The summed E-state index contributed by atoms with van der Waals surface area (Å²) in [6, 6.07) is 35.6. The first-order valence-corrected chi connectivity index (χ1v) is 22.4. The summed E-state index contributed by atoms with van der Waals surface area (Å²) in [6.07, 6.45) is 4.54. The zero-order valence-electron chi connectivity index (χ0n) is 36.1. The Labute approximate surface area is 377 Å². The molecule has 0 unspecified atom stereocenters. The second-order valence-electron chi connectivity index (χ2n) is 17.8. The minimum atomic E-state index is -1.79. The smallest absolute Gasteiger partial charge is 0.503 e. The zero-order valence-corrected chi connectivity index (χ0v) is 36.1. The highest BCUT2D eigenvalue weighted by Gasteiger charge is 2.56. The van der Waals surface area contributed by atoms with Crippen LogP contribution in [0.15, 0.2) is 121 Å². The van der Waals surface area contributed by atoms with Gasteiger partial charge in [0.25, 0.3) is 11.8 Å². The largest absolute Gasteiger partial charge is 0.568 e. The van der Waals surface area contributed by atoms with Gasteiger partial charge in [0, 0.05) is 89.6 Å². The van der Waals surface area contributed by atoms with Gasteiger partial charge < -0.3 is 45.6 Å². The van der Waals surface area contributed by atoms with Gasteiger partial charge in [-0.2, -0.15) is 0 Å². The summed E-state index contributed by atoms with van der Waals surface area (Å²) >= 11 is 0. The third-order valence-corrected chi connectivity index (χ3v) is 13.9. The van der Waals surface area contributed by atoms with E-state index in [1.54, 1.807) is 66.9 Å². The molecule has 3 fully saturated rings. The van der Waals surface area contributed by atoms with Gasteiger partial charge in [-0.05, 0) is 96.3 Å². The standard InChI is InChI=1S/C51H51BN6O7/c53-29-33-6-4-7-36(24-33)35-16-20-57(21-17-35)47(60)37-8-5-11-40(26-37)56-46(59)28-51(39-9-2-1-3-10-39)49(62)64-52(65-51)43-31-55-44-14-13-38(27-41(43)44)48(61)58-22-18-50(19-23-58)32-63-45-15-12-34(30-54)25-42(45)50/h1-15,24-27,31,35,55H,16-23,28-30,32,53-54H2,(H,56,59)/t51-/m1/s1. The summed E-state index contributed by atoms with van der Waals surface area (Å²) in [4.78, 5) is 62.8. The quantitative estimate of drug-likeness (QED) is 0.123. The van der Waals surface area contributed by atoms with E-state index in [1.165, 1.54) is 11.1 Å². The minimum Gasteiger partial charge on any atom is -0.503 e. The van der Waals surface area contributed by atoms with Crippen molar-refractivity contribution in [2.24, 2.45) is 11.5 Å². The first-order chi connectivity index (χ1) is 31.6. The van der Waals surface area contributed by atoms with E-state index < -0.39 is 31.0 Å². The van der Waals surface area contributed by atoms with Crippen molar-refractivity contribution in [1.82, 2.24) is 14.8 Å². The molecule has 13 nitrogen and oxygen atoms in total. The maximum Gasteiger partial charge on any atom is 0.568 e. The van der Waals surface area contributed by atoms with Crippen LogP contribution in [0.2, 0.25) is 0 Å². The molecule has 65 heavy (non-hydrogen) atoms. The molecule has 1 aromatic heterocycles. The number of ether oxygens (including phenoxy) is 1. The lowest BCUT2D eigenvalue weighted by Crippen LogP contribution is -2.46. The predicted molar refractivity (Wildman–Crippen MR) is 248 cm³/mol. The summed E-state index contributed by atoms with van der Waals surface area (Å²) in [6.45, 7) is 3.91. The van der Waals surface area contributed by atoms with E-state index >= 15 is 0 Å². The number of nitrogens with zero attached hydrogens (tertiary/aromatic N) is 2. The average Bonchev–Trinajstić information content (AvgIpc) is 4.04. The molecule has 1 spiro atoms. The summed E-state index contributed by atoms with van der Waals surface area (Å²) < 4.78 is 18.7. The van der Waals surface area contributed by atoms with Crippen molar-refractivity contribution in [3.05, 3.63) is 160 Å². The van der Waals surface area contributed by atoms with Gasteiger partial charge in [-0.3, -0.25) is 19.2 Å². The van der Waals surface area contributed by atoms with E-state index in [0.29, 0.717) is 85.0 Å². The normalized spacial score (nSPS) is 19.3. The van der Waals surface area contributed by atoms with Crippen molar-refractivity contribution >= 4 is 52.9 Å². The van der Waals surface area contributed by atoms with E-state index in [0.717, 1.165) is 48.1 Å². The van der Waals surface area contributed by atoms with Crippen molar-refractivity contribution in [1.29, 1.82) is 0 Å². The molecule has 330 valence electrons. The number of benzene rings is 5. The number of anilines is 1. The number of nitrogens with one attached hydrogen (secondary N) is 2. The van der Waals surface area contributed by atoms with Gasteiger partial charge in [0.1, 0.15) is 5.75 Å². The lowest BCUT2D eigenvalue weighted by atomic mass is 9.74. The maximum atomic E-state index is 14.1. The van der Waals surface area contributed by atoms with Crippen molar-refractivity contribution in [3.63, 3.8) is 0 Å². The predicted octanol–water partition coefficient (Wildman–Crippen LogP) is 5.86. The molecule has 0 bridgehead atoms. The van der Waals surface area contributed by atoms with Gasteiger partial charge in [-0.1, -0.05) is 72.8 Å². The number of hydrogen-bond donors (Lipinski definition) is 4. The second kappa shape index (κ2) is 17.3. The molecule has 3 saturated heterocycles. The highest BCUT2D eigenvalue weighted by molar-refractivity contribution is 6.67. The van der Waals surface area contributed by atoms with Crippen LogP contribution >= 0.6 is 0 Å². The highest BCUT2D eigenvalue weighted by atomic mass is 16.7. The molecule has 0 radical (unpaired) electrons. The Morgan fingerprint density at radius 3 is 2.26 bits per heavy atom. The van der Waals surface area contributed by atoms with Crippen LogP contribution in [0.1, 0.15) is 86.6 Å². The number of fused-ring (bicyclic) bond motifs is 3. The highest BCUT2D eigenvalue weighted by Crippen LogP contribution is 2.46. The summed E-state index contributed by atoms with van der Waals surface area (Å²) in [5.74, 6) is -0.173. The van der Waals surface area contributed by atoms with E-state index in [9.17, 15) is 19.2 Å². The van der Waals surface area contributed by atoms with Crippen LogP contribution in [0.25, 0.3) is 10.9 Å². The molecule has 5 aromatic carbocycles. The molecular weight excluding hydrogens is 819 g/mol. The monoisotopic (exact) mass is 870 g/mol. The van der Waals surface area contributed by atoms with Crippen LogP contribution in [0, 0.1) is 0 Å². The lowest BCUT2D eigenvalue weighted by molar-refractivity contribution is -0.146. The molecule has 4 aliphatic heterocycles. The van der Waals surface area contributed by atoms with Gasteiger partial charge in [0.15, 0.2) is 5.60 Å². The Morgan fingerprint density at radius 2 is 1.49 bits per heavy atom. The van der Waals surface area contributed by atoms with E-state index in [4.69, 9.17) is 25.5 Å². The fourth-order valence-electron chi connectivity index (χ4n) is 10.2. The molecule has 1 atom stereocenters. The van der Waals surface area contributed by atoms with Crippen molar-refractivity contribution in [2.45, 2.75) is 62.1 Å². The average molecular weight is 871 g/mol. The molecule has 0 saturated carbocycles. The van der Waals surface area contributed by atoms with Crippen LogP contribution in [0.3, 0.4) is 0 Å². The third-order valence-electron chi connectivity index (χ3n) is 13.9. The van der Waals surface area contributed by atoms with Crippen LogP contribution in [-0.2, 0) is 43.0 Å². The number of hydrogen-bond acceptors (Lipinski definition) is 9. The molecule has 5 heterocycles. The van der Waals surface area contributed by atoms with Gasteiger partial charge >= 0.3 is 13.1 Å². The first kappa shape index (κ1) is 42.2. The Kier molecular flexibility index (Phi) is 11.3. The minimum absolute atomic E-state index is 0.0940. The number of carbonyl (C=O) groups is 4. The molecule has 4 aliphatic rings. The number of aromatic amines is 1. The Hall–Kier alpha value is -6.74. The van der Waals surface area contributed by atoms with Crippen molar-refractivity contribution in [2.75, 3.05) is 38.1 Å². The van der Waals surface area contributed by atoms with E-state index in [2.05, 4.69) is 28.5 Å². The fraction of sp³-hybridized carbons (Fsp3) is 0.294. The number of piperidine rings is 2. The molecule has 14 heteroatoms. The number of carbonyl (C=O) groups excluding carboxylic acids is 4. The van der Waals surface area contributed by atoms with Crippen molar-refractivity contribution < 1.29 is 33.2 Å². The number of nitrogens with two attached hydrogens (primary N) is 2. The van der Waals surface area contributed by atoms with Crippen LogP contribution < -0.4 is 27.0 Å². The van der Waals surface area contributed by atoms with Crippen molar-refractivity contribution in [3.8, 4) is 5.75 Å². The zero-order chi connectivity index (χ0) is 44.7. The fourth-order valence-corrected chi connectivity index (χ4v) is 10.2.